The highest BCUT2D eigenvalue weighted by Gasteiger charge is 2.46. The maximum atomic E-state index is 14.1. The van der Waals surface area contributed by atoms with Crippen LogP contribution in [0.25, 0.3) is 0 Å². The van der Waals surface area contributed by atoms with E-state index in [2.05, 4.69) is 10.6 Å². The fourth-order valence-electron chi connectivity index (χ4n) is 6.45. The summed E-state index contributed by atoms with van der Waals surface area (Å²) in [6, 6.07) is -2.75. The Balaban J connectivity index is 1.83. The average molecular weight is 577 g/mol. The standard InChI is InChI=1S/C31H52N4O6/c1-30(2,3)25(34-29(40)41-31(4,5)6)28(39)35-18-21(15-19-11-8-7-9-12-19)17-23(35)27(38)33-22(24(36)26(32)37)16-20-13-10-14-20/h19-23,25H,7-18H2,1-6H3,(H2,32,37)(H,33,38)(H,34,40)/t21-,22?,23-,25+/m0/s1. The third-order valence-electron chi connectivity index (χ3n) is 8.81. The Hall–Kier alpha value is -2.65. The molecule has 0 aromatic heterocycles. The first-order valence-corrected chi connectivity index (χ1v) is 15.5. The molecule has 3 fully saturated rings. The van der Waals surface area contributed by atoms with E-state index < -0.39 is 52.8 Å². The van der Waals surface area contributed by atoms with Crippen molar-refractivity contribution in [1.82, 2.24) is 15.5 Å². The van der Waals surface area contributed by atoms with Gasteiger partial charge in [0.25, 0.3) is 5.91 Å². The van der Waals surface area contributed by atoms with Gasteiger partial charge in [-0.3, -0.25) is 19.2 Å². The summed E-state index contributed by atoms with van der Waals surface area (Å²) in [5.41, 5.74) is 3.93. The highest BCUT2D eigenvalue weighted by Crippen LogP contribution is 2.36. The molecule has 10 heteroatoms. The molecular weight excluding hydrogens is 524 g/mol. The molecule has 3 rings (SSSR count). The van der Waals surface area contributed by atoms with Crippen LogP contribution in [0.5, 0.6) is 0 Å². The molecule has 1 heterocycles. The van der Waals surface area contributed by atoms with Crippen LogP contribution in [-0.4, -0.2) is 64.8 Å². The summed E-state index contributed by atoms with van der Waals surface area (Å²) < 4.78 is 5.45. The number of carbonyl (C=O) groups is 5. The van der Waals surface area contributed by atoms with Crippen LogP contribution in [0.1, 0.15) is 112 Å². The molecule has 4 amide bonds. The zero-order chi connectivity index (χ0) is 30.5. The number of ether oxygens (including phenoxy) is 1. The predicted molar refractivity (Wildman–Crippen MR) is 156 cm³/mol. The van der Waals surface area contributed by atoms with Gasteiger partial charge >= 0.3 is 6.09 Å². The van der Waals surface area contributed by atoms with Crippen molar-refractivity contribution in [3.05, 3.63) is 0 Å². The Kier molecular flexibility index (Phi) is 10.9. The van der Waals surface area contributed by atoms with Crippen LogP contribution in [-0.2, 0) is 23.9 Å². The minimum absolute atomic E-state index is 0.122. The van der Waals surface area contributed by atoms with E-state index in [1.165, 1.54) is 19.3 Å². The molecule has 4 atom stereocenters. The van der Waals surface area contributed by atoms with E-state index in [9.17, 15) is 24.0 Å². The smallest absolute Gasteiger partial charge is 0.408 e. The summed E-state index contributed by atoms with van der Waals surface area (Å²) >= 11 is 0. The molecule has 0 aromatic carbocycles. The van der Waals surface area contributed by atoms with Gasteiger partial charge in [-0.15, -0.1) is 0 Å². The van der Waals surface area contributed by atoms with Gasteiger partial charge < -0.3 is 26.0 Å². The molecule has 0 aromatic rings. The van der Waals surface area contributed by atoms with E-state index in [4.69, 9.17) is 10.5 Å². The van der Waals surface area contributed by atoms with Crippen LogP contribution in [0.15, 0.2) is 0 Å². The number of nitrogens with one attached hydrogen (secondary N) is 2. The predicted octanol–water partition coefficient (Wildman–Crippen LogP) is 3.84. The summed E-state index contributed by atoms with van der Waals surface area (Å²) in [6.07, 6.45) is 9.98. The Morgan fingerprint density at radius 1 is 0.854 bits per heavy atom. The monoisotopic (exact) mass is 576 g/mol. The zero-order valence-corrected chi connectivity index (χ0v) is 25.9. The minimum Gasteiger partial charge on any atom is -0.444 e. The normalized spacial score (nSPS) is 23.7. The van der Waals surface area contributed by atoms with Crippen molar-refractivity contribution in [3.8, 4) is 0 Å². The fourth-order valence-corrected chi connectivity index (χ4v) is 6.45. The molecule has 2 saturated carbocycles. The number of nitrogens with zero attached hydrogens (tertiary/aromatic N) is 1. The van der Waals surface area contributed by atoms with Gasteiger partial charge in [0.15, 0.2) is 0 Å². The first-order chi connectivity index (χ1) is 19.0. The molecule has 0 spiro atoms. The van der Waals surface area contributed by atoms with Crippen LogP contribution < -0.4 is 16.4 Å². The number of hydrogen-bond acceptors (Lipinski definition) is 6. The first-order valence-electron chi connectivity index (χ1n) is 15.5. The molecule has 3 aliphatic rings. The molecule has 10 nitrogen and oxygen atoms in total. The van der Waals surface area contributed by atoms with Gasteiger partial charge in [0, 0.05) is 6.54 Å². The van der Waals surface area contributed by atoms with Crippen molar-refractivity contribution in [2.45, 2.75) is 136 Å². The summed E-state index contributed by atoms with van der Waals surface area (Å²) in [5, 5.41) is 5.56. The number of alkyl carbamates (subject to hydrolysis) is 1. The van der Waals surface area contributed by atoms with E-state index in [0.717, 1.165) is 38.5 Å². The second-order valence-corrected chi connectivity index (χ2v) is 14.6. The number of amides is 4. The number of likely N-dealkylation sites (tertiary alicyclic amines) is 1. The minimum atomic E-state index is -1.07. The number of Topliss-reactive ketones (excluding diaryl/α,β-unsaturated/α-hetero) is 1. The molecule has 0 bridgehead atoms. The second kappa shape index (κ2) is 13.6. The number of rotatable bonds is 10. The SMILES string of the molecule is CC(C)(C)OC(=O)N[C@H](C(=O)N1C[C@@H](CC2CCCCC2)C[C@H]1C(=O)NC(CC1CCC1)C(=O)C(N)=O)C(C)(C)C. The van der Waals surface area contributed by atoms with Crippen LogP contribution in [0, 0.1) is 23.2 Å². The number of nitrogens with two attached hydrogens (primary N) is 1. The zero-order valence-electron chi connectivity index (χ0n) is 25.9. The lowest BCUT2D eigenvalue weighted by molar-refractivity contribution is -0.143. The third-order valence-corrected chi connectivity index (χ3v) is 8.81. The molecule has 2 aliphatic carbocycles. The lowest BCUT2D eigenvalue weighted by Crippen LogP contribution is -2.59. The number of ketones is 1. The van der Waals surface area contributed by atoms with Crippen LogP contribution >= 0.6 is 0 Å². The molecular formula is C31H52N4O6. The van der Waals surface area contributed by atoms with Crippen molar-refractivity contribution < 1.29 is 28.7 Å². The van der Waals surface area contributed by atoms with E-state index in [-0.39, 0.29) is 17.7 Å². The van der Waals surface area contributed by atoms with E-state index in [1.807, 2.05) is 20.8 Å². The van der Waals surface area contributed by atoms with E-state index in [0.29, 0.717) is 25.3 Å². The van der Waals surface area contributed by atoms with Crippen molar-refractivity contribution >= 4 is 29.6 Å². The topological polar surface area (TPSA) is 148 Å². The van der Waals surface area contributed by atoms with Crippen LogP contribution in [0.2, 0.25) is 0 Å². The Bertz CT molecular complexity index is 974. The van der Waals surface area contributed by atoms with Crippen molar-refractivity contribution in [2.24, 2.45) is 28.9 Å². The lowest BCUT2D eigenvalue weighted by atomic mass is 9.80. The summed E-state index contributed by atoms with van der Waals surface area (Å²) in [5.74, 6) is -1.74. The number of carbonyl (C=O) groups excluding carboxylic acids is 5. The molecule has 232 valence electrons. The summed E-state index contributed by atoms with van der Waals surface area (Å²) in [7, 11) is 0. The maximum Gasteiger partial charge on any atom is 0.408 e. The number of hydrogen-bond donors (Lipinski definition) is 3. The quantitative estimate of drug-likeness (QED) is 0.337. The average Bonchev–Trinajstić information content (AvgIpc) is 3.25. The third kappa shape index (κ3) is 9.43. The Labute approximate surface area is 245 Å². The summed E-state index contributed by atoms with van der Waals surface area (Å²) in [4.78, 5) is 66.7. The van der Waals surface area contributed by atoms with Gasteiger partial charge in [-0.2, -0.15) is 0 Å². The van der Waals surface area contributed by atoms with Crippen molar-refractivity contribution in [2.75, 3.05) is 6.54 Å². The van der Waals surface area contributed by atoms with Gasteiger partial charge in [0.1, 0.15) is 17.7 Å². The highest BCUT2D eigenvalue weighted by molar-refractivity contribution is 6.37. The molecule has 0 radical (unpaired) electrons. The molecule has 4 N–H and O–H groups in total. The Morgan fingerprint density at radius 2 is 1.46 bits per heavy atom. The van der Waals surface area contributed by atoms with Gasteiger partial charge in [0.05, 0.1) is 6.04 Å². The van der Waals surface area contributed by atoms with Gasteiger partial charge in [-0.05, 0) is 63.2 Å². The van der Waals surface area contributed by atoms with Gasteiger partial charge in [0.2, 0.25) is 17.6 Å². The Morgan fingerprint density at radius 3 is 1.98 bits per heavy atom. The highest BCUT2D eigenvalue weighted by atomic mass is 16.6. The van der Waals surface area contributed by atoms with Crippen molar-refractivity contribution in [1.29, 1.82) is 0 Å². The van der Waals surface area contributed by atoms with E-state index in [1.54, 1.807) is 25.7 Å². The van der Waals surface area contributed by atoms with Crippen molar-refractivity contribution in [3.63, 3.8) is 0 Å². The lowest BCUT2D eigenvalue weighted by Gasteiger charge is -2.36. The summed E-state index contributed by atoms with van der Waals surface area (Å²) in [6.45, 7) is 11.2. The first kappa shape index (κ1) is 32.9. The fraction of sp³-hybridized carbons (Fsp3) is 0.839. The van der Waals surface area contributed by atoms with Gasteiger partial charge in [-0.25, -0.2) is 4.79 Å². The van der Waals surface area contributed by atoms with E-state index >= 15 is 0 Å². The number of primary amides is 1. The van der Waals surface area contributed by atoms with Crippen LogP contribution in [0.4, 0.5) is 4.79 Å². The van der Waals surface area contributed by atoms with Gasteiger partial charge in [-0.1, -0.05) is 72.1 Å². The van der Waals surface area contributed by atoms with Crippen LogP contribution in [0.3, 0.4) is 0 Å². The molecule has 1 saturated heterocycles. The maximum absolute atomic E-state index is 14.1. The molecule has 1 aliphatic heterocycles. The largest absolute Gasteiger partial charge is 0.444 e. The second-order valence-electron chi connectivity index (χ2n) is 14.6. The molecule has 1 unspecified atom stereocenters. The molecule has 41 heavy (non-hydrogen) atoms.